The summed E-state index contributed by atoms with van der Waals surface area (Å²) in [7, 11) is -1.12. The van der Waals surface area contributed by atoms with Gasteiger partial charge in [-0.15, -0.1) is 0 Å². The molecule has 1 aliphatic rings. The predicted molar refractivity (Wildman–Crippen MR) is 121 cm³/mol. The van der Waals surface area contributed by atoms with E-state index in [4.69, 9.17) is 9.16 Å². The van der Waals surface area contributed by atoms with Crippen molar-refractivity contribution in [3.05, 3.63) is 60.7 Å². The van der Waals surface area contributed by atoms with Gasteiger partial charge in [0.05, 0.1) is 13.0 Å². The molecule has 0 spiro atoms. The van der Waals surface area contributed by atoms with Gasteiger partial charge in [-0.25, -0.2) is 0 Å². The van der Waals surface area contributed by atoms with Crippen molar-refractivity contribution in [1.29, 1.82) is 0 Å². The van der Waals surface area contributed by atoms with Crippen LogP contribution in [-0.4, -0.2) is 27.5 Å². The smallest absolute Gasteiger partial charge is 0.308 e. The van der Waals surface area contributed by atoms with Gasteiger partial charge < -0.3 is 9.16 Å². The summed E-state index contributed by atoms with van der Waals surface area (Å²) in [6, 6.07) is 21.4. The zero-order chi connectivity index (χ0) is 21.1. The van der Waals surface area contributed by atoms with Crippen LogP contribution in [0.5, 0.6) is 0 Å². The minimum atomic E-state index is -2.61. The fourth-order valence-corrected chi connectivity index (χ4v) is 9.54. The van der Waals surface area contributed by atoms with Crippen LogP contribution in [0, 0.1) is 11.8 Å². The lowest BCUT2D eigenvalue weighted by molar-refractivity contribution is -0.148. The van der Waals surface area contributed by atoms with Gasteiger partial charge in [-0.1, -0.05) is 88.4 Å². The minimum Gasteiger partial charge on any atom is -0.469 e. The van der Waals surface area contributed by atoms with Gasteiger partial charge in [-0.2, -0.15) is 0 Å². The highest BCUT2D eigenvalue weighted by molar-refractivity contribution is 6.99. The number of methoxy groups -OCH3 is 1. The number of ether oxygens (including phenoxy) is 1. The standard InChI is InChI=1S/C25H34O3Si/c1-19-16-17-20(24(26)27-5)18-23(19)28-29(25(2,3)4,21-12-8-6-9-13-21)22-14-10-7-11-15-22/h6-15,19-20,23H,16-18H2,1-5H3/t19?,20-,23-/m0/s1. The van der Waals surface area contributed by atoms with E-state index in [0.29, 0.717) is 5.92 Å². The molecule has 3 rings (SSSR count). The molecule has 1 fully saturated rings. The van der Waals surface area contributed by atoms with Crippen molar-refractivity contribution >= 4 is 24.7 Å². The first-order chi connectivity index (χ1) is 13.8. The Labute approximate surface area is 176 Å². The van der Waals surface area contributed by atoms with E-state index in [2.05, 4.69) is 88.4 Å². The molecule has 0 N–H and O–H groups in total. The molecule has 0 amide bonds. The number of benzene rings is 2. The molecule has 2 aromatic carbocycles. The fourth-order valence-electron chi connectivity index (χ4n) is 4.74. The lowest BCUT2D eigenvalue weighted by Crippen LogP contribution is -2.68. The van der Waals surface area contributed by atoms with Crippen molar-refractivity contribution in [2.45, 2.75) is 58.1 Å². The SMILES string of the molecule is COC(=O)[C@H]1CCC(C)[C@@H](O[Si](c2ccccc2)(c2ccccc2)C(C)(C)C)C1. The number of hydrogen-bond donors (Lipinski definition) is 0. The number of rotatable bonds is 5. The van der Waals surface area contributed by atoms with Crippen molar-refractivity contribution in [2.24, 2.45) is 11.8 Å². The second-order valence-corrected chi connectivity index (χ2v) is 13.6. The van der Waals surface area contributed by atoms with Gasteiger partial charge in [0.2, 0.25) is 0 Å². The van der Waals surface area contributed by atoms with Gasteiger partial charge in [0.15, 0.2) is 0 Å². The molecule has 0 aliphatic heterocycles. The Balaban J connectivity index is 2.09. The van der Waals surface area contributed by atoms with Crippen LogP contribution in [0.25, 0.3) is 0 Å². The average molecular weight is 411 g/mol. The number of hydrogen-bond acceptors (Lipinski definition) is 3. The molecule has 0 bridgehead atoms. The summed E-state index contributed by atoms with van der Waals surface area (Å²) in [5.74, 6) is 0.241. The Kier molecular flexibility index (Phi) is 6.64. The maximum Gasteiger partial charge on any atom is 0.308 e. The van der Waals surface area contributed by atoms with Crippen molar-refractivity contribution in [3.8, 4) is 0 Å². The van der Waals surface area contributed by atoms with Crippen LogP contribution >= 0.6 is 0 Å². The van der Waals surface area contributed by atoms with E-state index in [1.165, 1.54) is 17.5 Å². The Bertz CT molecular complexity index is 758. The first kappa shape index (κ1) is 21.8. The van der Waals surface area contributed by atoms with Crippen LogP contribution in [-0.2, 0) is 14.0 Å². The van der Waals surface area contributed by atoms with Crippen molar-refractivity contribution in [3.63, 3.8) is 0 Å². The summed E-state index contributed by atoms with van der Waals surface area (Å²) >= 11 is 0. The molecule has 29 heavy (non-hydrogen) atoms. The van der Waals surface area contributed by atoms with Crippen molar-refractivity contribution in [1.82, 2.24) is 0 Å². The highest BCUT2D eigenvalue weighted by Crippen LogP contribution is 2.41. The van der Waals surface area contributed by atoms with E-state index >= 15 is 0 Å². The van der Waals surface area contributed by atoms with Crippen LogP contribution in [0.15, 0.2) is 60.7 Å². The largest absolute Gasteiger partial charge is 0.469 e. The third-order valence-electron chi connectivity index (χ3n) is 6.40. The first-order valence-electron chi connectivity index (χ1n) is 10.7. The van der Waals surface area contributed by atoms with E-state index < -0.39 is 8.32 Å². The molecule has 3 atom stereocenters. The quantitative estimate of drug-likeness (QED) is 0.536. The molecule has 0 radical (unpaired) electrons. The Hall–Kier alpha value is -1.91. The van der Waals surface area contributed by atoms with Crippen LogP contribution in [0.3, 0.4) is 0 Å². The highest BCUT2D eigenvalue weighted by atomic mass is 28.4. The molecular formula is C25H34O3Si. The van der Waals surface area contributed by atoms with Crippen molar-refractivity contribution < 1.29 is 14.0 Å². The summed E-state index contributed by atoms with van der Waals surface area (Å²) in [5.41, 5.74) is 0. The van der Waals surface area contributed by atoms with E-state index in [1.807, 2.05) is 0 Å². The van der Waals surface area contributed by atoms with Crippen LogP contribution in [0.1, 0.15) is 47.0 Å². The molecule has 1 aliphatic carbocycles. The first-order valence-corrected chi connectivity index (χ1v) is 12.6. The molecular weight excluding hydrogens is 376 g/mol. The van der Waals surface area contributed by atoms with Gasteiger partial charge in [0, 0.05) is 6.10 Å². The molecule has 1 saturated carbocycles. The van der Waals surface area contributed by atoms with Crippen LogP contribution in [0.4, 0.5) is 0 Å². The van der Waals surface area contributed by atoms with Gasteiger partial charge in [0.1, 0.15) is 0 Å². The van der Waals surface area contributed by atoms with E-state index in [0.717, 1.165) is 19.3 Å². The van der Waals surface area contributed by atoms with E-state index in [9.17, 15) is 4.79 Å². The highest BCUT2D eigenvalue weighted by Gasteiger charge is 2.52. The normalized spacial score (nSPS) is 22.9. The van der Waals surface area contributed by atoms with Gasteiger partial charge in [-0.05, 0) is 40.6 Å². The second-order valence-electron chi connectivity index (χ2n) is 9.33. The predicted octanol–water partition coefficient (Wildman–Crippen LogP) is 4.54. The van der Waals surface area contributed by atoms with Crippen molar-refractivity contribution in [2.75, 3.05) is 7.11 Å². The lowest BCUT2D eigenvalue weighted by atomic mass is 9.81. The third kappa shape index (κ3) is 4.34. The molecule has 1 unspecified atom stereocenters. The Morgan fingerprint density at radius 2 is 1.45 bits per heavy atom. The zero-order valence-electron chi connectivity index (χ0n) is 18.4. The third-order valence-corrected chi connectivity index (χ3v) is 11.5. The van der Waals surface area contributed by atoms with Crippen LogP contribution < -0.4 is 10.4 Å². The second kappa shape index (κ2) is 8.84. The number of carbonyl (C=O) groups is 1. The molecule has 0 saturated heterocycles. The fraction of sp³-hybridized carbons (Fsp3) is 0.480. The molecule has 0 aromatic heterocycles. The van der Waals surface area contributed by atoms with Gasteiger partial charge >= 0.3 is 5.97 Å². The average Bonchev–Trinajstić information content (AvgIpc) is 2.73. The van der Waals surface area contributed by atoms with E-state index in [1.54, 1.807) is 0 Å². The molecule has 2 aromatic rings. The number of carbonyl (C=O) groups excluding carboxylic acids is 1. The molecule has 156 valence electrons. The monoisotopic (exact) mass is 410 g/mol. The maximum atomic E-state index is 12.3. The summed E-state index contributed by atoms with van der Waals surface area (Å²) < 4.78 is 12.3. The Morgan fingerprint density at radius 1 is 0.931 bits per heavy atom. The van der Waals surface area contributed by atoms with E-state index in [-0.39, 0.29) is 23.0 Å². The number of esters is 1. The summed E-state index contributed by atoms with van der Waals surface area (Å²) in [6.45, 7) is 9.15. The van der Waals surface area contributed by atoms with Crippen LogP contribution in [0.2, 0.25) is 5.04 Å². The zero-order valence-corrected chi connectivity index (χ0v) is 19.4. The minimum absolute atomic E-state index is 0.0409. The van der Waals surface area contributed by atoms with Gasteiger partial charge in [0.25, 0.3) is 8.32 Å². The topological polar surface area (TPSA) is 35.5 Å². The molecule has 0 heterocycles. The maximum absolute atomic E-state index is 12.3. The summed E-state index contributed by atoms with van der Waals surface area (Å²) in [4.78, 5) is 12.3. The van der Waals surface area contributed by atoms with Gasteiger partial charge in [-0.3, -0.25) is 4.79 Å². The lowest BCUT2D eigenvalue weighted by Gasteiger charge is -2.47. The molecule has 3 nitrogen and oxygen atoms in total. The Morgan fingerprint density at radius 3 is 1.90 bits per heavy atom. The summed E-state index contributed by atoms with van der Waals surface area (Å²) in [6.07, 6.45) is 2.65. The molecule has 4 heteroatoms. The summed E-state index contributed by atoms with van der Waals surface area (Å²) in [5, 5.41) is 2.50.